The van der Waals surface area contributed by atoms with Crippen molar-refractivity contribution in [3.63, 3.8) is 0 Å². The van der Waals surface area contributed by atoms with Crippen molar-refractivity contribution in [2.75, 3.05) is 20.7 Å². The van der Waals surface area contributed by atoms with E-state index in [2.05, 4.69) is 10.9 Å². The highest BCUT2D eigenvalue weighted by Gasteiger charge is 2.24. The molecule has 29 heavy (non-hydrogen) atoms. The molecule has 158 valence electrons. The van der Waals surface area contributed by atoms with Crippen molar-refractivity contribution >= 4 is 33.2 Å². The van der Waals surface area contributed by atoms with E-state index in [-0.39, 0.29) is 15.9 Å². The van der Waals surface area contributed by atoms with E-state index in [0.29, 0.717) is 11.5 Å². The average Bonchev–Trinajstić information content (AvgIpc) is 3.21. The van der Waals surface area contributed by atoms with Crippen molar-refractivity contribution in [3.8, 4) is 11.5 Å². The maximum Gasteiger partial charge on any atom is 0.269 e. The van der Waals surface area contributed by atoms with Crippen LogP contribution in [0.4, 0.5) is 0 Å². The molecule has 1 heterocycles. The second-order valence-electron chi connectivity index (χ2n) is 6.23. The number of likely N-dealkylation sites (N-methyl/N-ethyl adjacent to an activating group) is 1. The summed E-state index contributed by atoms with van der Waals surface area (Å²) < 4.78 is 36.5. The molecule has 0 saturated carbocycles. The zero-order valence-corrected chi connectivity index (χ0v) is 18.1. The Balaban J connectivity index is 1.95. The van der Waals surface area contributed by atoms with Crippen molar-refractivity contribution in [3.05, 3.63) is 41.3 Å². The molecule has 0 spiro atoms. The van der Waals surface area contributed by atoms with Gasteiger partial charge in [0, 0.05) is 12.6 Å². The zero-order valence-electron chi connectivity index (χ0n) is 16.5. The minimum absolute atomic E-state index is 0.0645. The Morgan fingerprint density at radius 1 is 1.17 bits per heavy atom. The summed E-state index contributed by atoms with van der Waals surface area (Å²) in [4.78, 5) is 24.3. The van der Waals surface area contributed by atoms with E-state index >= 15 is 0 Å². The fraction of sp³-hybridized carbons (Fsp3) is 0.333. The van der Waals surface area contributed by atoms with Gasteiger partial charge in [-0.2, -0.15) is 4.31 Å². The molecular formula is C18H23N3O6S2. The zero-order chi connectivity index (χ0) is 21.6. The Labute approximate surface area is 173 Å². The molecule has 2 rings (SSSR count). The first-order valence-corrected chi connectivity index (χ1v) is 10.9. The number of sulfonamides is 1. The van der Waals surface area contributed by atoms with Gasteiger partial charge in [-0.3, -0.25) is 20.4 Å². The number of amides is 2. The lowest BCUT2D eigenvalue weighted by Gasteiger charge is -2.16. The normalized spacial score (nSPS) is 11.4. The molecular weight excluding hydrogens is 418 g/mol. The van der Waals surface area contributed by atoms with E-state index in [1.165, 1.54) is 32.4 Å². The van der Waals surface area contributed by atoms with Crippen LogP contribution in [0.2, 0.25) is 0 Å². The van der Waals surface area contributed by atoms with Crippen LogP contribution in [-0.2, 0) is 14.8 Å². The van der Waals surface area contributed by atoms with Crippen molar-refractivity contribution in [1.82, 2.24) is 15.2 Å². The van der Waals surface area contributed by atoms with Crippen LogP contribution in [-0.4, -0.2) is 51.3 Å². The summed E-state index contributed by atoms with van der Waals surface area (Å²) in [5.41, 5.74) is 4.68. The molecule has 2 amide bonds. The van der Waals surface area contributed by atoms with E-state index in [0.717, 1.165) is 15.6 Å². The number of nitrogens with zero attached hydrogens (tertiary/aromatic N) is 1. The van der Waals surface area contributed by atoms with Crippen molar-refractivity contribution in [1.29, 1.82) is 0 Å². The second kappa shape index (κ2) is 9.72. The molecule has 1 aromatic heterocycles. The lowest BCUT2D eigenvalue weighted by molar-refractivity contribution is -0.121. The summed E-state index contributed by atoms with van der Waals surface area (Å²) in [7, 11) is -1.02. The van der Waals surface area contributed by atoms with Gasteiger partial charge in [-0.1, -0.05) is 6.07 Å². The SMILES string of the molecule is COc1cc(C(=O)NNC(=O)CN(C)S(=O)(=O)c2cccs2)ccc1OC(C)C. The summed E-state index contributed by atoms with van der Waals surface area (Å²) in [5.74, 6) is -0.410. The molecule has 2 N–H and O–H groups in total. The second-order valence-corrected chi connectivity index (χ2v) is 9.45. The number of thiophene rings is 1. The number of rotatable bonds is 8. The molecule has 1 aromatic carbocycles. The summed E-state index contributed by atoms with van der Waals surface area (Å²) in [5, 5.41) is 1.63. The van der Waals surface area contributed by atoms with Gasteiger partial charge in [-0.05, 0) is 43.5 Å². The van der Waals surface area contributed by atoms with Crippen molar-refractivity contribution < 1.29 is 27.5 Å². The molecule has 0 aliphatic carbocycles. The molecule has 0 aliphatic heterocycles. The Morgan fingerprint density at radius 2 is 1.90 bits per heavy atom. The van der Waals surface area contributed by atoms with Gasteiger partial charge in [0.1, 0.15) is 4.21 Å². The Hall–Kier alpha value is -2.63. The van der Waals surface area contributed by atoms with Crippen LogP contribution in [0.1, 0.15) is 24.2 Å². The number of hydrogen-bond acceptors (Lipinski definition) is 7. The molecule has 11 heteroatoms. The van der Waals surface area contributed by atoms with Gasteiger partial charge in [0.05, 0.1) is 19.8 Å². The number of ether oxygens (including phenoxy) is 2. The van der Waals surface area contributed by atoms with Crippen LogP contribution >= 0.6 is 11.3 Å². The first kappa shape index (κ1) is 22.7. The number of hydrazine groups is 1. The van der Waals surface area contributed by atoms with Gasteiger partial charge in [0.15, 0.2) is 11.5 Å². The number of methoxy groups -OCH3 is 1. The van der Waals surface area contributed by atoms with Gasteiger partial charge in [-0.15, -0.1) is 11.3 Å². The monoisotopic (exact) mass is 441 g/mol. The van der Waals surface area contributed by atoms with Crippen LogP contribution < -0.4 is 20.3 Å². The fourth-order valence-electron chi connectivity index (χ4n) is 2.25. The third kappa shape index (κ3) is 5.92. The van der Waals surface area contributed by atoms with E-state index in [1.54, 1.807) is 17.5 Å². The molecule has 0 fully saturated rings. The summed E-state index contributed by atoms with van der Waals surface area (Å²) in [6.07, 6.45) is -0.0645. The maximum absolute atomic E-state index is 12.3. The number of hydrogen-bond donors (Lipinski definition) is 2. The molecule has 9 nitrogen and oxygen atoms in total. The Kier molecular flexibility index (Phi) is 7.59. The minimum atomic E-state index is -3.76. The predicted molar refractivity (Wildman–Crippen MR) is 109 cm³/mol. The molecule has 0 saturated heterocycles. The van der Waals surface area contributed by atoms with Crippen LogP contribution in [0, 0.1) is 0 Å². The van der Waals surface area contributed by atoms with Crippen LogP contribution in [0.3, 0.4) is 0 Å². The highest BCUT2D eigenvalue weighted by atomic mass is 32.2. The molecule has 0 atom stereocenters. The van der Waals surface area contributed by atoms with Crippen molar-refractivity contribution in [2.24, 2.45) is 0 Å². The van der Waals surface area contributed by atoms with Crippen LogP contribution in [0.25, 0.3) is 0 Å². The first-order chi connectivity index (χ1) is 13.6. The van der Waals surface area contributed by atoms with Crippen LogP contribution in [0.5, 0.6) is 11.5 Å². The summed E-state index contributed by atoms with van der Waals surface area (Å²) in [6.45, 7) is 3.28. The standard InChI is InChI=1S/C18H23N3O6S2/c1-12(2)27-14-8-7-13(10-15(14)26-4)18(23)20-19-16(22)11-21(3)29(24,25)17-6-5-9-28-17/h5-10,12H,11H2,1-4H3,(H,19,22)(H,20,23). The van der Waals surface area contributed by atoms with E-state index in [1.807, 2.05) is 13.8 Å². The number of nitrogens with one attached hydrogen (secondary N) is 2. The highest BCUT2D eigenvalue weighted by molar-refractivity contribution is 7.91. The largest absolute Gasteiger partial charge is 0.493 e. The number of benzene rings is 1. The third-order valence-corrected chi connectivity index (χ3v) is 6.81. The van der Waals surface area contributed by atoms with E-state index in [4.69, 9.17) is 9.47 Å². The topological polar surface area (TPSA) is 114 Å². The number of carbonyl (C=O) groups excluding carboxylic acids is 2. The molecule has 0 bridgehead atoms. The highest BCUT2D eigenvalue weighted by Crippen LogP contribution is 2.28. The number of carbonyl (C=O) groups is 2. The van der Waals surface area contributed by atoms with Gasteiger partial charge >= 0.3 is 0 Å². The van der Waals surface area contributed by atoms with Gasteiger partial charge in [0.2, 0.25) is 0 Å². The van der Waals surface area contributed by atoms with Gasteiger partial charge in [-0.25, -0.2) is 8.42 Å². The lowest BCUT2D eigenvalue weighted by atomic mass is 10.2. The summed E-state index contributed by atoms with van der Waals surface area (Å²) in [6, 6.07) is 7.66. The molecule has 0 aliphatic rings. The van der Waals surface area contributed by atoms with Gasteiger partial charge < -0.3 is 9.47 Å². The predicted octanol–water partition coefficient (Wildman–Crippen LogP) is 1.63. The van der Waals surface area contributed by atoms with Crippen LogP contribution in [0.15, 0.2) is 39.9 Å². The quantitative estimate of drug-likeness (QED) is 0.602. The molecule has 0 radical (unpaired) electrons. The van der Waals surface area contributed by atoms with Gasteiger partial charge in [0.25, 0.3) is 21.8 Å². The fourth-order valence-corrected chi connectivity index (χ4v) is 4.58. The lowest BCUT2D eigenvalue weighted by Crippen LogP contribution is -2.46. The minimum Gasteiger partial charge on any atom is -0.493 e. The Bertz CT molecular complexity index is 958. The molecule has 0 unspecified atom stereocenters. The van der Waals surface area contributed by atoms with E-state index in [9.17, 15) is 18.0 Å². The average molecular weight is 442 g/mol. The Morgan fingerprint density at radius 3 is 2.48 bits per heavy atom. The van der Waals surface area contributed by atoms with E-state index < -0.39 is 28.4 Å². The smallest absolute Gasteiger partial charge is 0.269 e. The third-order valence-electron chi connectivity index (χ3n) is 3.63. The molecule has 2 aromatic rings. The van der Waals surface area contributed by atoms with Crippen molar-refractivity contribution in [2.45, 2.75) is 24.2 Å². The maximum atomic E-state index is 12.3. The first-order valence-electron chi connectivity index (χ1n) is 8.59. The summed E-state index contributed by atoms with van der Waals surface area (Å²) >= 11 is 1.06.